The van der Waals surface area contributed by atoms with Gasteiger partial charge in [-0.3, -0.25) is 0 Å². The minimum atomic E-state index is -3.93. The van der Waals surface area contributed by atoms with Crippen LogP contribution in [0, 0.1) is 23.1 Å². The summed E-state index contributed by atoms with van der Waals surface area (Å²) in [4.78, 5) is -0.0634. The minimum Gasteiger partial charge on any atom is -0.377 e. The molecule has 0 saturated heterocycles. The number of halogens is 1. The third-order valence-corrected chi connectivity index (χ3v) is 7.76. The molecule has 33 heavy (non-hydrogen) atoms. The molecule has 1 aromatic heterocycles. The van der Waals surface area contributed by atoms with Crippen LogP contribution in [-0.2, 0) is 16.4 Å². The lowest BCUT2D eigenvalue weighted by Crippen LogP contribution is -2.44. The van der Waals surface area contributed by atoms with E-state index < -0.39 is 21.0 Å². The van der Waals surface area contributed by atoms with Crippen molar-refractivity contribution < 1.29 is 17.9 Å². The summed E-state index contributed by atoms with van der Waals surface area (Å²) in [5, 5.41) is 21.4. The largest absolute Gasteiger partial charge is 0.377 e. The molecule has 2 aliphatic carbocycles. The zero-order valence-corrected chi connectivity index (χ0v) is 18.7. The molecule has 1 saturated carbocycles. The topological polar surface area (TPSA) is 98.2 Å². The Bertz CT molecular complexity index is 1460. The molecule has 168 valence electrons. The van der Waals surface area contributed by atoms with Crippen molar-refractivity contribution in [2.45, 2.75) is 36.7 Å². The van der Waals surface area contributed by atoms with Crippen LogP contribution in [0.15, 0.2) is 65.2 Å². The average molecular weight is 464 g/mol. The van der Waals surface area contributed by atoms with Gasteiger partial charge in [-0.1, -0.05) is 36.5 Å². The van der Waals surface area contributed by atoms with E-state index in [0.29, 0.717) is 19.3 Å². The summed E-state index contributed by atoms with van der Waals surface area (Å²) in [6.07, 6.45) is 5.39. The average Bonchev–Trinajstić information content (AvgIpc) is 3.29. The fraction of sp³-hybridized carbons (Fsp3) is 0.240. The van der Waals surface area contributed by atoms with Crippen molar-refractivity contribution in [3.8, 4) is 17.5 Å². The van der Waals surface area contributed by atoms with Gasteiger partial charge in [-0.25, -0.2) is 22.6 Å². The summed E-state index contributed by atoms with van der Waals surface area (Å²) >= 11 is 0. The van der Waals surface area contributed by atoms with Gasteiger partial charge in [0.1, 0.15) is 11.4 Å². The van der Waals surface area contributed by atoms with Crippen LogP contribution in [-0.4, -0.2) is 28.9 Å². The van der Waals surface area contributed by atoms with Gasteiger partial charge in [0.25, 0.3) is 0 Å². The van der Waals surface area contributed by atoms with Gasteiger partial charge in [0.05, 0.1) is 22.5 Å². The maximum Gasteiger partial charge on any atom is 0.239 e. The molecule has 0 radical (unpaired) electrons. The van der Waals surface area contributed by atoms with Crippen molar-refractivity contribution in [1.82, 2.24) is 9.78 Å². The molecular formula is C25H22FN3O3S. The van der Waals surface area contributed by atoms with E-state index >= 15 is 0 Å². The van der Waals surface area contributed by atoms with Crippen LogP contribution >= 0.6 is 0 Å². The number of benzene rings is 2. The van der Waals surface area contributed by atoms with Crippen molar-refractivity contribution in [1.29, 1.82) is 0 Å². The number of aliphatic hydroxyl groups is 1. The first-order valence-electron chi connectivity index (χ1n) is 10.5. The van der Waals surface area contributed by atoms with Crippen molar-refractivity contribution >= 4 is 16.1 Å². The van der Waals surface area contributed by atoms with Gasteiger partial charge in [0, 0.05) is 11.0 Å². The number of rotatable bonds is 2. The first-order chi connectivity index (χ1) is 15.6. The van der Waals surface area contributed by atoms with Gasteiger partial charge in [0.2, 0.25) is 10.0 Å². The molecule has 0 spiro atoms. The Morgan fingerprint density at radius 2 is 1.91 bits per heavy atom. The quantitative estimate of drug-likeness (QED) is 0.571. The number of hydrogen-bond acceptors (Lipinski definition) is 4. The van der Waals surface area contributed by atoms with Gasteiger partial charge in [-0.2, -0.15) is 5.10 Å². The normalized spacial score (nSPS) is 23.8. The Morgan fingerprint density at radius 3 is 2.64 bits per heavy atom. The standard InChI is InChI=1S/C25H22FN3O3S/c1-24-15-18-16-28-29(21-8-6-20(26)7-9-21)22(18)14-19(24)11-13-25(24,30)12-10-17-4-2-3-5-23(17)33(27,31)32/h2-9,14,16,30H,11,13,15H2,1H3,(H2,27,31,32)/t24?,25-/m0/s1. The SMILES string of the molecule is CC12Cc3cnn(-c4ccc(F)cc4)c3C=C1CC[C@@]2(O)C#Cc1ccccc1S(N)(=O)=O. The van der Waals surface area contributed by atoms with Crippen LogP contribution in [0.25, 0.3) is 11.8 Å². The van der Waals surface area contributed by atoms with Crippen LogP contribution in [0.2, 0.25) is 0 Å². The van der Waals surface area contributed by atoms with Crippen molar-refractivity contribution in [2.75, 3.05) is 0 Å². The Balaban J connectivity index is 1.53. The number of nitrogens with two attached hydrogens (primary N) is 1. The predicted octanol–water partition coefficient (Wildman–Crippen LogP) is 3.18. The van der Waals surface area contributed by atoms with Crippen LogP contribution in [0.4, 0.5) is 4.39 Å². The fourth-order valence-corrected chi connectivity index (χ4v) is 5.52. The molecule has 2 aliphatic rings. The molecular weight excluding hydrogens is 441 g/mol. The maximum atomic E-state index is 13.3. The van der Waals surface area contributed by atoms with E-state index in [4.69, 9.17) is 5.14 Å². The maximum absolute atomic E-state index is 13.3. The molecule has 1 fully saturated rings. The van der Waals surface area contributed by atoms with E-state index in [1.165, 1.54) is 18.2 Å². The van der Waals surface area contributed by atoms with E-state index in [1.807, 2.05) is 13.0 Å². The zero-order valence-electron chi connectivity index (χ0n) is 17.9. The Hall–Kier alpha value is -3.25. The summed E-state index contributed by atoms with van der Waals surface area (Å²) in [6, 6.07) is 12.4. The molecule has 2 atom stereocenters. The van der Waals surface area contributed by atoms with Gasteiger partial charge in [-0.15, -0.1) is 0 Å². The predicted molar refractivity (Wildman–Crippen MR) is 122 cm³/mol. The smallest absolute Gasteiger partial charge is 0.239 e. The van der Waals surface area contributed by atoms with Gasteiger partial charge >= 0.3 is 0 Å². The molecule has 5 rings (SSSR count). The van der Waals surface area contributed by atoms with Crippen LogP contribution < -0.4 is 5.14 Å². The minimum absolute atomic E-state index is 0.0634. The Morgan fingerprint density at radius 1 is 1.18 bits per heavy atom. The summed E-state index contributed by atoms with van der Waals surface area (Å²) in [5.74, 6) is 5.54. The van der Waals surface area contributed by atoms with Crippen molar-refractivity contribution in [3.05, 3.63) is 82.9 Å². The second-order valence-corrected chi connectivity index (χ2v) is 10.3. The molecule has 1 heterocycles. The lowest BCUT2D eigenvalue weighted by molar-refractivity contribution is 0.0153. The van der Waals surface area contributed by atoms with Crippen LogP contribution in [0.1, 0.15) is 36.6 Å². The lowest BCUT2D eigenvalue weighted by Gasteiger charge is -2.39. The molecule has 2 aromatic carbocycles. The highest BCUT2D eigenvalue weighted by Crippen LogP contribution is 2.55. The summed E-state index contributed by atoms with van der Waals surface area (Å²) in [5.41, 5.74) is 1.93. The van der Waals surface area contributed by atoms with Gasteiger partial charge < -0.3 is 5.11 Å². The molecule has 0 bridgehead atoms. The lowest BCUT2D eigenvalue weighted by atomic mass is 9.67. The highest BCUT2D eigenvalue weighted by Gasteiger charge is 2.54. The van der Waals surface area contributed by atoms with E-state index in [1.54, 1.807) is 41.2 Å². The molecule has 6 nitrogen and oxygen atoms in total. The highest BCUT2D eigenvalue weighted by molar-refractivity contribution is 7.89. The molecule has 8 heteroatoms. The number of aromatic nitrogens is 2. The number of fused-ring (bicyclic) bond motifs is 2. The molecule has 0 aliphatic heterocycles. The summed E-state index contributed by atoms with van der Waals surface area (Å²) in [7, 11) is -3.93. The van der Waals surface area contributed by atoms with E-state index in [9.17, 15) is 17.9 Å². The zero-order chi connectivity index (χ0) is 23.4. The molecule has 1 unspecified atom stereocenters. The molecule has 3 aromatic rings. The third-order valence-electron chi connectivity index (χ3n) is 6.79. The second-order valence-electron chi connectivity index (χ2n) is 8.77. The highest BCUT2D eigenvalue weighted by atomic mass is 32.2. The van der Waals surface area contributed by atoms with E-state index in [0.717, 1.165) is 22.5 Å². The number of sulfonamides is 1. The van der Waals surface area contributed by atoms with Crippen LogP contribution in [0.3, 0.4) is 0 Å². The third kappa shape index (κ3) is 3.49. The first-order valence-corrected chi connectivity index (χ1v) is 12.1. The van der Waals surface area contributed by atoms with Gasteiger partial charge in [0.15, 0.2) is 0 Å². The molecule has 3 N–H and O–H groups in total. The van der Waals surface area contributed by atoms with Crippen molar-refractivity contribution in [3.63, 3.8) is 0 Å². The monoisotopic (exact) mass is 463 g/mol. The number of primary sulfonamides is 1. The first kappa shape index (κ1) is 21.6. The number of nitrogens with zero attached hydrogens (tertiary/aromatic N) is 2. The van der Waals surface area contributed by atoms with Crippen LogP contribution in [0.5, 0.6) is 0 Å². The van der Waals surface area contributed by atoms with E-state index in [-0.39, 0.29) is 16.3 Å². The Kier molecular flexibility index (Phi) is 4.83. The van der Waals surface area contributed by atoms with Gasteiger partial charge in [-0.05, 0) is 67.3 Å². The fourth-order valence-electron chi connectivity index (χ4n) is 4.83. The van der Waals surface area contributed by atoms with Crippen molar-refractivity contribution in [2.24, 2.45) is 10.6 Å². The Labute approximate surface area is 191 Å². The summed E-state index contributed by atoms with van der Waals surface area (Å²) in [6.45, 7) is 1.98. The number of hydrogen-bond donors (Lipinski definition) is 2. The van der Waals surface area contributed by atoms with E-state index in [2.05, 4.69) is 16.9 Å². The second kappa shape index (κ2) is 7.39. The summed E-state index contributed by atoms with van der Waals surface area (Å²) < 4.78 is 38.9. The molecule has 0 amide bonds.